The lowest BCUT2D eigenvalue weighted by Crippen LogP contribution is -2.58. The number of aliphatic hydroxyl groups is 1. The Hall–Kier alpha value is -6.85. The van der Waals surface area contributed by atoms with Crippen LogP contribution in [0.3, 0.4) is 0 Å². The molecule has 72 heavy (non-hydrogen) atoms. The van der Waals surface area contributed by atoms with Gasteiger partial charge in [0.1, 0.15) is 29.1 Å². The Morgan fingerprint density at radius 3 is 2.40 bits per heavy atom. The minimum Gasteiger partial charge on any atom is -0.480 e. The molecule has 4 atom stereocenters. The molecule has 3 fully saturated rings. The van der Waals surface area contributed by atoms with E-state index < -0.39 is 24.6 Å². The van der Waals surface area contributed by atoms with Crippen LogP contribution in [0.15, 0.2) is 67.1 Å². The molecule has 376 valence electrons. The lowest BCUT2D eigenvalue weighted by atomic mass is 9.89. The summed E-state index contributed by atoms with van der Waals surface area (Å²) in [4.78, 5) is 76.6. The van der Waals surface area contributed by atoms with Gasteiger partial charge in [0.25, 0.3) is 11.8 Å². The van der Waals surface area contributed by atoms with E-state index in [1.165, 1.54) is 17.5 Å². The van der Waals surface area contributed by atoms with Crippen LogP contribution in [0.2, 0.25) is 0 Å². The van der Waals surface area contributed by atoms with Crippen molar-refractivity contribution in [3.63, 3.8) is 0 Å². The molecule has 5 aliphatic heterocycles. The van der Waals surface area contributed by atoms with E-state index >= 15 is 0 Å². The van der Waals surface area contributed by atoms with Gasteiger partial charge in [-0.3, -0.25) is 34.3 Å². The average molecular weight is 979 g/mol. The predicted molar refractivity (Wildman–Crippen MR) is 275 cm³/mol. The van der Waals surface area contributed by atoms with Crippen LogP contribution >= 0.6 is 0 Å². The van der Waals surface area contributed by atoms with Gasteiger partial charge in [0, 0.05) is 111 Å². The van der Waals surface area contributed by atoms with Crippen LogP contribution < -0.4 is 30.1 Å². The smallest absolute Gasteiger partial charge is 0.276 e. The van der Waals surface area contributed by atoms with Gasteiger partial charge < -0.3 is 34.4 Å². The molecular weight excluding hydrogens is 911 g/mol. The summed E-state index contributed by atoms with van der Waals surface area (Å²) in [6.07, 6.45) is 9.29. The van der Waals surface area contributed by atoms with E-state index in [9.17, 15) is 24.3 Å². The number of carbonyl (C=O) groups excluding carboxylic acids is 4. The van der Waals surface area contributed by atoms with Gasteiger partial charge in [-0.2, -0.15) is 0 Å². The summed E-state index contributed by atoms with van der Waals surface area (Å²) in [5.41, 5.74) is 7.07. The van der Waals surface area contributed by atoms with Gasteiger partial charge in [-0.05, 0) is 130 Å². The van der Waals surface area contributed by atoms with Crippen molar-refractivity contribution in [1.29, 1.82) is 0 Å². The summed E-state index contributed by atoms with van der Waals surface area (Å²) in [7, 11) is -2.80. The maximum atomic E-state index is 14.3. The molecule has 0 radical (unpaired) electrons. The highest BCUT2D eigenvalue weighted by Gasteiger charge is 2.42. The third-order valence-corrected chi connectivity index (χ3v) is 15.9. The molecule has 1 unspecified atom stereocenters. The number of amides is 4. The number of piperazine rings is 1. The zero-order valence-electron chi connectivity index (χ0n) is 44.9. The Labute approximate surface area is 424 Å². The second-order valence-electron chi connectivity index (χ2n) is 21.9. The highest BCUT2D eigenvalue weighted by atomic mass is 16.5. The summed E-state index contributed by atoms with van der Waals surface area (Å²) in [6, 6.07) is 15.6. The van der Waals surface area contributed by atoms with Crippen molar-refractivity contribution in [2.24, 2.45) is 5.41 Å². The van der Waals surface area contributed by atoms with Gasteiger partial charge in [-0.1, -0.05) is 13.8 Å². The van der Waals surface area contributed by atoms with Gasteiger partial charge in [-0.25, -0.2) is 15.0 Å². The van der Waals surface area contributed by atoms with Crippen molar-refractivity contribution in [2.45, 2.75) is 123 Å². The maximum absolute atomic E-state index is 14.3. The number of aromatic nitrogens is 4. The molecule has 9 heterocycles. The Kier molecular flexibility index (Phi) is 11.0. The minimum atomic E-state index is -2.80. The third kappa shape index (κ3) is 8.53. The average Bonchev–Trinajstić information content (AvgIpc) is 3.98. The van der Waals surface area contributed by atoms with Crippen molar-refractivity contribution in [3.8, 4) is 17.0 Å². The molecule has 4 aromatic heterocycles. The van der Waals surface area contributed by atoms with Crippen molar-refractivity contribution >= 4 is 52.3 Å². The number of nitrogens with zero attached hydrogens (tertiary/aromatic N) is 9. The molecule has 0 saturated carbocycles. The SMILES string of the molecule is [2H]C([2H])([2H])Oc1ncc(-c2ccnc(N3CCn4c(cc5c4CC(C)(C)C5)C3=O)c2C(C)(C)O)cc1Nc1ccc(N2CCN(C3CCN(c4ccc5c(c4)CN([C@H]4CCC(=O)NC4=O)C5=O)[C@H](C)C3)C[C@@H]2C)cn1. The van der Waals surface area contributed by atoms with Crippen molar-refractivity contribution in [3.05, 3.63) is 101 Å². The van der Waals surface area contributed by atoms with Gasteiger partial charge in [0.05, 0.1) is 28.6 Å². The third-order valence-electron chi connectivity index (χ3n) is 15.9. The van der Waals surface area contributed by atoms with E-state index in [2.05, 4.69) is 68.6 Å². The van der Waals surface area contributed by atoms with Crippen LogP contribution in [0.1, 0.15) is 115 Å². The maximum Gasteiger partial charge on any atom is 0.276 e. The molecule has 17 nitrogen and oxygen atoms in total. The zero-order chi connectivity index (χ0) is 52.9. The molecule has 4 amide bonds. The second kappa shape index (κ2) is 18.0. The predicted octanol–water partition coefficient (Wildman–Crippen LogP) is 6.43. The fourth-order valence-corrected chi connectivity index (χ4v) is 12.5. The molecule has 11 rings (SSSR count). The zero-order valence-corrected chi connectivity index (χ0v) is 41.9. The Bertz CT molecular complexity index is 3120. The number of benzene rings is 1. The van der Waals surface area contributed by atoms with E-state index in [0.717, 1.165) is 68.8 Å². The fourth-order valence-electron chi connectivity index (χ4n) is 12.5. The monoisotopic (exact) mass is 979 g/mol. The first-order valence-corrected chi connectivity index (χ1v) is 25.3. The van der Waals surface area contributed by atoms with Crippen molar-refractivity contribution in [2.75, 3.05) is 59.8 Å². The summed E-state index contributed by atoms with van der Waals surface area (Å²) >= 11 is 0. The molecule has 6 aliphatic rings. The number of nitrogens with one attached hydrogen (secondary N) is 2. The molecular formula is C55H65N11O6. The summed E-state index contributed by atoms with van der Waals surface area (Å²) in [5.74, 6) is -0.417. The van der Waals surface area contributed by atoms with Gasteiger partial charge in [0.2, 0.25) is 17.7 Å². The number of methoxy groups -OCH3 is 1. The van der Waals surface area contributed by atoms with Crippen LogP contribution in [0.5, 0.6) is 5.88 Å². The largest absolute Gasteiger partial charge is 0.480 e. The van der Waals surface area contributed by atoms with E-state index in [-0.39, 0.29) is 53.2 Å². The number of fused-ring (bicyclic) bond motifs is 4. The summed E-state index contributed by atoms with van der Waals surface area (Å²) in [6.45, 7) is 17.1. The molecule has 3 N–H and O–H groups in total. The summed E-state index contributed by atoms with van der Waals surface area (Å²) in [5, 5.41) is 17.4. The first kappa shape index (κ1) is 43.9. The quantitative estimate of drug-likeness (QED) is 0.130. The number of anilines is 5. The molecule has 1 aliphatic carbocycles. The van der Waals surface area contributed by atoms with Crippen LogP contribution in [0.4, 0.5) is 28.7 Å². The normalized spacial score (nSPS) is 24.1. The number of imide groups is 1. The van der Waals surface area contributed by atoms with Crippen LogP contribution in [-0.2, 0) is 41.1 Å². The summed E-state index contributed by atoms with van der Waals surface area (Å²) < 4.78 is 31.3. The fraction of sp³-hybridized carbons (Fsp3) is 0.473. The van der Waals surface area contributed by atoms with Gasteiger partial charge >= 0.3 is 0 Å². The molecule has 0 bridgehead atoms. The molecule has 5 aromatic rings. The topological polar surface area (TPSA) is 182 Å². The second-order valence-corrected chi connectivity index (χ2v) is 21.9. The number of hydrogen-bond donors (Lipinski definition) is 3. The first-order valence-electron chi connectivity index (χ1n) is 26.8. The number of piperidine rings is 2. The van der Waals surface area contributed by atoms with Crippen LogP contribution in [0, 0.1) is 5.41 Å². The number of pyridine rings is 3. The number of ether oxygens (including phenoxy) is 1. The highest BCUT2D eigenvalue weighted by Crippen LogP contribution is 2.43. The van der Waals surface area contributed by atoms with E-state index in [1.54, 1.807) is 42.0 Å². The van der Waals surface area contributed by atoms with E-state index in [0.29, 0.717) is 71.7 Å². The molecule has 0 spiro atoms. The minimum absolute atomic E-state index is 0.147. The molecule has 3 saturated heterocycles. The highest BCUT2D eigenvalue weighted by molar-refractivity contribution is 6.07. The first-order chi connectivity index (χ1) is 35.6. The van der Waals surface area contributed by atoms with Crippen LogP contribution in [-0.4, -0.2) is 122 Å². The lowest BCUT2D eigenvalue weighted by molar-refractivity contribution is -0.136. The number of rotatable bonds is 10. The van der Waals surface area contributed by atoms with Crippen LogP contribution in [0.25, 0.3) is 11.1 Å². The van der Waals surface area contributed by atoms with Crippen molar-refractivity contribution in [1.82, 2.24) is 34.6 Å². The lowest BCUT2D eigenvalue weighted by Gasteiger charge is -2.48. The van der Waals surface area contributed by atoms with Gasteiger partial charge in [0.15, 0.2) is 0 Å². The Balaban J connectivity index is 0.758. The number of carbonyl (C=O) groups is 4. The molecule has 17 heteroatoms. The molecule has 1 aromatic carbocycles. The van der Waals surface area contributed by atoms with Crippen molar-refractivity contribution < 1.29 is 33.1 Å². The van der Waals surface area contributed by atoms with Gasteiger partial charge in [-0.15, -0.1) is 0 Å². The number of hydrogen-bond acceptors (Lipinski definition) is 13. The Morgan fingerprint density at radius 1 is 0.833 bits per heavy atom. The standard InChI is InChI=1S/C55H65N11O6/c1-32-22-37(15-17-62(32)38-8-10-41-36(23-38)31-66(52(41)69)43-11-13-47(67)60-50(43)68)61-18-19-63(33(2)30-61)39-9-12-46(57-29-39)59-42-24-35(28-58-51(42)72-7)40-14-16-56-49(48(40)55(5,6)71)65-21-20-64-44(53(65)70)25-34-26-54(3,4)27-45(34)64/h8-10,12,14,16,23-25,28-29,32-33,37,43,71H,11,13,15,17-22,26-27,30-31H2,1-7H3,(H,57,59)(H,60,67,68)/t32-,33+,37?,43+/m1/s1/i7D3. The Morgan fingerprint density at radius 2 is 1.65 bits per heavy atom. The van der Waals surface area contributed by atoms with E-state index in [1.807, 2.05) is 36.5 Å². The van der Waals surface area contributed by atoms with E-state index in [4.69, 9.17) is 18.8 Å².